The summed E-state index contributed by atoms with van der Waals surface area (Å²) in [7, 11) is 0. The van der Waals surface area contributed by atoms with Crippen molar-refractivity contribution in [1.82, 2.24) is 0 Å². The highest BCUT2D eigenvalue weighted by atomic mass is 79.9. The zero-order valence-corrected chi connectivity index (χ0v) is 13.8. The van der Waals surface area contributed by atoms with Crippen LogP contribution in [0.5, 0.6) is 0 Å². The lowest BCUT2D eigenvalue weighted by molar-refractivity contribution is 0.207. The first-order valence-corrected chi connectivity index (χ1v) is 7.71. The van der Waals surface area contributed by atoms with Crippen molar-refractivity contribution in [3.8, 4) is 0 Å². The highest BCUT2D eigenvalue weighted by molar-refractivity contribution is 9.14. The summed E-state index contributed by atoms with van der Waals surface area (Å²) in [6, 6.07) is 18.6. The number of hydrogen-bond acceptors (Lipinski definition) is 2. The largest absolute Gasteiger partial charge is 0.383 e. The predicted molar refractivity (Wildman–Crippen MR) is 87.7 cm³/mol. The summed E-state index contributed by atoms with van der Waals surface area (Å²) in [5.41, 5.74) is 1.52. The molecule has 0 saturated heterocycles. The third kappa shape index (κ3) is 3.58. The Balaban J connectivity index is 2.27. The Morgan fingerprint density at radius 2 is 0.950 bits per heavy atom. The molecule has 20 heavy (non-hydrogen) atoms. The third-order valence-electron chi connectivity index (χ3n) is 2.94. The lowest BCUT2D eigenvalue weighted by Gasteiger charge is -2.16. The molecule has 0 bridgehead atoms. The SMILES string of the molecule is O[C@H](/C(Br)=C(\Br)[C@H](O)c1ccccc1)c1ccccc1. The van der Waals surface area contributed by atoms with E-state index in [0.29, 0.717) is 8.96 Å². The molecule has 4 heteroatoms. The predicted octanol–water partition coefficient (Wildman–Crippen LogP) is 4.46. The van der Waals surface area contributed by atoms with Gasteiger partial charge in [-0.15, -0.1) is 0 Å². The fraction of sp³-hybridized carbons (Fsp3) is 0.125. The molecule has 0 heterocycles. The van der Waals surface area contributed by atoms with E-state index < -0.39 is 12.2 Å². The van der Waals surface area contributed by atoms with Crippen molar-refractivity contribution in [2.45, 2.75) is 12.2 Å². The molecule has 0 amide bonds. The van der Waals surface area contributed by atoms with Crippen molar-refractivity contribution in [2.75, 3.05) is 0 Å². The molecule has 0 radical (unpaired) electrons. The molecule has 0 unspecified atom stereocenters. The Morgan fingerprint density at radius 1 is 0.650 bits per heavy atom. The number of hydrogen-bond donors (Lipinski definition) is 2. The molecule has 0 aliphatic heterocycles. The van der Waals surface area contributed by atoms with Crippen LogP contribution in [0.1, 0.15) is 23.3 Å². The van der Waals surface area contributed by atoms with Crippen LogP contribution in [-0.2, 0) is 0 Å². The average molecular weight is 398 g/mol. The van der Waals surface area contributed by atoms with Gasteiger partial charge in [-0.1, -0.05) is 92.5 Å². The lowest BCUT2D eigenvalue weighted by atomic mass is 10.1. The Kier molecular flexibility index (Phi) is 5.54. The van der Waals surface area contributed by atoms with Crippen LogP contribution in [0.2, 0.25) is 0 Å². The topological polar surface area (TPSA) is 40.5 Å². The van der Waals surface area contributed by atoms with E-state index in [1.165, 1.54) is 0 Å². The Labute approximate surface area is 135 Å². The summed E-state index contributed by atoms with van der Waals surface area (Å²) in [5.74, 6) is 0. The molecule has 2 aromatic rings. The van der Waals surface area contributed by atoms with Crippen molar-refractivity contribution < 1.29 is 10.2 Å². The van der Waals surface area contributed by atoms with Gasteiger partial charge >= 0.3 is 0 Å². The van der Waals surface area contributed by atoms with Gasteiger partial charge in [0, 0.05) is 8.96 Å². The normalized spacial score (nSPS) is 15.4. The standard InChI is InChI=1S/C16H14Br2O2/c17-13(15(19)11-7-3-1-4-8-11)14(18)16(20)12-9-5-2-6-10-12/h1-10,15-16,19-20H/b14-13+/t15-,16+. The number of aliphatic hydroxyl groups excluding tert-OH is 2. The molecule has 2 N–H and O–H groups in total. The second-order valence-electron chi connectivity index (χ2n) is 4.32. The minimum atomic E-state index is -0.816. The van der Waals surface area contributed by atoms with E-state index in [0.717, 1.165) is 11.1 Å². The summed E-state index contributed by atoms with van der Waals surface area (Å²) in [6.07, 6.45) is -1.63. The zero-order chi connectivity index (χ0) is 14.5. The van der Waals surface area contributed by atoms with E-state index in [-0.39, 0.29) is 0 Å². The highest BCUT2D eigenvalue weighted by Crippen LogP contribution is 2.37. The molecule has 0 spiro atoms. The van der Waals surface area contributed by atoms with Crippen LogP contribution < -0.4 is 0 Å². The first-order valence-electron chi connectivity index (χ1n) is 6.12. The van der Waals surface area contributed by atoms with Crippen LogP contribution in [0.4, 0.5) is 0 Å². The van der Waals surface area contributed by atoms with Gasteiger partial charge in [0.05, 0.1) is 0 Å². The van der Waals surface area contributed by atoms with E-state index in [1.807, 2.05) is 60.7 Å². The lowest BCUT2D eigenvalue weighted by Crippen LogP contribution is -2.03. The Hall–Kier alpha value is -0.940. The summed E-state index contributed by atoms with van der Waals surface area (Å²) >= 11 is 6.73. The van der Waals surface area contributed by atoms with Gasteiger partial charge < -0.3 is 10.2 Å². The van der Waals surface area contributed by atoms with Gasteiger partial charge in [0.2, 0.25) is 0 Å². The van der Waals surface area contributed by atoms with E-state index in [4.69, 9.17) is 0 Å². The molecule has 0 saturated carbocycles. The molecular weight excluding hydrogens is 384 g/mol. The maximum Gasteiger partial charge on any atom is 0.111 e. The molecule has 0 fully saturated rings. The zero-order valence-electron chi connectivity index (χ0n) is 10.6. The second-order valence-corrected chi connectivity index (χ2v) is 6.03. The number of benzene rings is 2. The molecule has 2 nitrogen and oxygen atoms in total. The monoisotopic (exact) mass is 396 g/mol. The van der Waals surface area contributed by atoms with Crippen LogP contribution in [0.3, 0.4) is 0 Å². The molecule has 2 aromatic carbocycles. The molecule has 2 rings (SSSR count). The molecule has 0 aromatic heterocycles. The van der Waals surface area contributed by atoms with Gasteiger partial charge in [-0.05, 0) is 11.1 Å². The van der Waals surface area contributed by atoms with Gasteiger partial charge in [0.25, 0.3) is 0 Å². The fourth-order valence-electron chi connectivity index (χ4n) is 1.82. The van der Waals surface area contributed by atoms with Crippen LogP contribution in [0.15, 0.2) is 69.6 Å². The number of rotatable bonds is 4. The Bertz CT molecular complexity index is 528. The van der Waals surface area contributed by atoms with Crippen LogP contribution in [-0.4, -0.2) is 10.2 Å². The van der Waals surface area contributed by atoms with Gasteiger partial charge in [0.1, 0.15) is 12.2 Å². The molecule has 0 aliphatic carbocycles. The van der Waals surface area contributed by atoms with Gasteiger partial charge in [-0.25, -0.2) is 0 Å². The first-order chi connectivity index (χ1) is 9.61. The molecule has 0 aliphatic rings. The Morgan fingerprint density at radius 3 is 1.25 bits per heavy atom. The van der Waals surface area contributed by atoms with E-state index in [2.05, 4.69) is 31.9 Å². The summed E-state index contributed by atoms with van der Waals surface area (Å²) < 4.78 is 1.03. The highest BCUT2D eigenvalue weighted by Gasteiger charge is 2.20. The minimum Gasteiger partial charge on any atom is -0.383 e. The molecule has 2 atom stereocenters. The average Bonchev–Trinajstić information content (AvgIpc) is 2.53. The summed E-state index contributed by atoms with van der Waals surface area (Å²) in [5, 5.41) is 20.6. The van der Waals surface area contributed by atoms with Gasteiger partial charge in [0.15, 0.2) is 0 Å². The van der Waals surface area contributed by atoms with Crippen molar-refractivity contribution in [3.63, 3.8) is 0 Å². The van der Waals surface area contributed by atoms with Crippen molar-refractivity contribution in [1.29, 1.82) is 0 Å². The quantitative estimate of drug-likeness (QED) is 0.799. The third-order valence-corrected chi connectivity index (χ3v) is 5.19. The maximum absolute atomic E-state index is 10.3. The van der Waals surface area contributed by atoms with Crippen LogP contribution in [0.25, 0.3) is 0 Å². The number of halogens is 2. The van der Waals surface area contributed by atoms with Gasteiger partial charge in [-0.2, -0.15) is 0 Å². The fourth-order valence-corrected chi connectivity index (χ4v) is 2.79. The van der Waals surface area contributed by atoms with Crippen molar-refractivity contribution in [2.24, 2.45) is 0 Å². The summed E-state index contributed by atoms with van der Waals surface area (Å²) in [4.78, 5) is 0. The molecule has 104 valence electrons. The smallest absolute Gasteiger partial charge is 0.111 e. The van der Waals surface area contributed by atoms with Crippen LogP contribution in [0, 0.1) is 0 Å². The van der Waals surface area contributed by atoms with Crippen molar-refractivity contribution in [3.05, 3.63) is 80.8 Å². The van der Waals surface area contributed by atoms with Crippen LogP contribution >= 0.6 is 31.9 Å². The maximum atomic E-state index is 10.3. The molecular formula is C16H14Br2O2. The van der Waals surface area contributed by atoms with E-state index >= 15 is 0 Å². The van der Waals surface area contributed by atoms with E-state index in [9.17, 15) is 10.2 Å². The first kappa shape index (κ1) is 15.4. The van der Waals surface area contributed by atoms with Gasteiger partial charge in [-0.3, -0.25) is 0 Å². The number of aliphatic hydroxyl groups is 2. The van der Waals surface area contributed by atoms with Crippen molar-refractivity contribution >= 4 is 31.9 Å². The van der Waals surface area contributed by atoms with E-state index in [1.54, 1.807) is 0 Å². The second kappa shape index (κ2) is 7.18. The minimum absolute atomic E-state index is 0.514. The summed E-state index contributed by atoms with van der Waals surface area (Å²) in [6.45, 7) is 0.